The molecule has 0 aliphatic carbocycles. The van der Waals surface area contributed by atoms with Gasteiger partial charge in [-0.25, -0.2) is 10.4 Å². The summed E-state index contributed by atoms with van der Waals surface area (Å²) in [5.41, 5.74) is 3.80. The van der Waals surface area contributed by atoms with Gasteiger partial charge >= 0.3 is 0 Å². The number of hydrogen-bond donors (Lipinski definition) is 1. The number of amides is 1. The van der Waals surface area contributed by atoms with Crippen LogP contribution in [0.15, 0.2) is 58.1 Å². The lowest BCUT2D eigenvalue weighted by atomic mass is 10.2. The number of nitrogens with zero attached hydrogens (tertiary/aromatic N) is 2. The SMILES string of the molecule is COc1ccc(OCC(=O)N/N=C\c2cc3ccccc3nc2Cl)c(Br)c1. The monoisotopic (exact) mass is 447 g/mol. The molecule has 27 heavy (non-hydrogen) atoms. The van der Waals surface area contributed by atoms with E-state index >= 15 is 0 Å². The number of pyridine rings is 1. The number of methoxy groups -OCH3 is 1. The molecular weight excluding hydrogens is 434 g/mol. The first-order valence-electron chi connectivity index (χ1n) is 7.90. The molecule has 0 saturated carbocycles. The minimum absolute atomic E-state index is 0.189. The van der Waals surface area contributed by atoms with Gasteiger partial charge in [0.1, 0.15) is 16.7 Å². The van der Waals surface area contributed by atoms with Crippen molar-refractivity contribution >= 4 is 50.6 Å². The van der Waals surface area contributed by atoms with Crippen LogP contribution in [-0.4, -0.2) is 30.8 Å². The van der Waals surface area contributed by atoms with E-state index in [1.165, 1.54) is 6.21 Å². The van der Waals surface area contributed by atoms with Crippen molar-refractivity contribution in [2.45, 2.75) is 0 Å². The third-order valence-corrected chi connectivity index (χ3v) is 4.52. The molecule has 1 amide bonds. The van der Waals surface area contributed by atoms with E-state index < -0.39 is 5.91 Å². The average molecular weight is 449 g/mol. The molecule has 1 aromatic heterocycles. The number of hydrazone groups is 1. The number of rotatable bonds is 6. The highest BCUT2D eigenvalue weighted by atomic mass is 79.9. The maximum atomic E-state index is 11.9. The minimum Gasteiger partial charge on any atom is -0.497 e. The quantitative estimate of drug-likeness (QED) is 0.349. The molecule has 138 valence electrons. The molecule has 0 radical (unpaired) electrons. The summed E-state index contributed by atoms with van der Waals surface area (Å²) in [6.45, 7) is -0.189. The van der Waals surface area contributed by atoms with Gasteiger partial charge in [0.15, 0.2) is 6.61 Å². The van der Waals surface area contributed by atoms with E-state index in [4.69, 9.17) is 21.1 Å². The highest BCUT2D eigenvalue weighted by molar-refractivity contribution is 9.10. The molecule has 0 saturated heterocycles. The van der Waals surface area contributed by atoms with Gasteiger partial charge in [-0.2, -0.15) is 5.10 Å². The van der Waals surface area contributed by atoms with E-state index in [9.17, 15) is 4.79 Å². The molecule has 3 rings (SSSR count). The topological polar surface area (TPSA) is 72.8 Å². The fourth-order valence-corrected chi connectivity index (χ4v) is 2.94. The van der Waals surface area contributed by atoms with Crippen LogP contribution in [0.4, 0.5) is 0 Å². The molecule has 0 aliphatic rings. The Kier molecular flexibility index (Phi) is 6.26. The van der Waals surface area contributed by atoms with E-state index in [0.717, 1.165) is 10.9 Å². The van der Waals surface area contributed by atoms with Gasteiger partial charge in [0.2, 0.25) is 0 Å². The highest BCUT2D eigenvalue weighted by Crippen LogP contribution is 2.29. The van der Waals surface area contributed by atoms with E-state index in [2.05, 4.69) is 31.4 Å². The van der Waals surface area contributed by atoms with Crippen LogP contribution in [-0.2, 0) is 4.79 Å². The lowest BCUT2D eigenvalue weighted by molar-refractivity contribution is -0.123. The fourth-order valence-electron chi connectivity index (χ4n) is 2.27. The summed E-state index contributed by atoms with van der Waals surface area (Å²) < 4.78 is 11.2. The van der Waals surface area contributed by atoms with Crippen molar-refractivity contribution in [1.29, 1.82) is 0 Å². The summed E-state index contributed by atoms with van der Waals surface area (Å²) in [7, 11) is 1.57. The number of ether oxygens (including phenoxy) is 2. The van der Waals surface area contributed by atoms with Gasteiger partial charge in [-0.05, 0) is 46.3 Å². The number of benzene rings is 2. The van der Waals surface area contributed by atoms with Crippen molar-refractivity contribution in [2.24, 2.45) is 5.10 Å². The maximum absolute atomic E-state index is 11.9. The molecule has 6 nitrogen and oxygen atoms in total. The van der Waals surface area contributed by atoms with Crippen LogP contribution in [0.25, 0.3) is 10.9 Å². The fraction of sp³-hybridized carbons (Fsp3) is 0.105. The van der Waals surface area contributed by atoms with Crippen LogP contribution >= 0.6 is 27.5 Å². The van der Waals surface area contributed by atoms with Gasteiger partial charge in [0.25, 0.3) is 5.91 Å². The van der Waals surface area contributed by atoms with Crippen molar-refractivity contribution in [3.63, 3.8) is 0 Å². The molecule has 0 aliphatic heterocycles. The largest absolute Gasteiger partial charge is 0.497 e. The second-order valence-corrected chi connectivity index (χ2v) is 6.65. The molecule has 3 aromatic rings. The predicted molar refractivity (Wildman–Crippen MR) is 109 cm³/mol. The van der Waals surface area contributed by atoms with Crippen molar-refractivity contribution in [3.8, 4) is 11.5 Å². The zero-order valence-corrected chi connectivity index (χ0v) is 16.6. The van der Waals surface area contributed by atoms with Crippen molar-refractivity contribution in [3.05, 3.63) is 63.7 Å². The predicted octanol–water partition coefficient (Wildman–Crippen LogP) is 4.19. The highest BCUT2D eigenvalue weighted by Gasteiger charge is 2.07. The lowest BCUT2D eigenvalue weighted by Gasteiger charge is -2.08. The first kappa shape index (κ1) is 19.1. The summed E-state index contributed by atoms with van der Waals surface area (Å²) in [6.07, 6.45) is 1.45. The summed E-state index contributed by atoms with van der Waals surface area (Å²) in [4.78, 5) is 16.2. The van der Waals surface area contributed by atoms with E-state index in [1.54, 1.807) is 25.3 Å². The summed E-state index contributed by atoms with van der Waals surface area (Å²) in [6, 6.07) is 14.7. The Morgan fingerprint density at radius 2 is 2.11 bits per heavy atom. The standard InChI is InChI=1S/C19H15BrClN3O3/c1-26-14-6-7-17(15(20)9-14)27-11-18(25)24-22-10-13-8-12-4-2-3-5-16(12)23-19(13)21/h2-10H,11H2,1H3,(H,24,25)/b22-10-. The second-order valence-electron chi connectivity index (χ2n) is 5.44. The Bertz CT molecular complexity index is 1010. The van der Waals surface area contributed by atoms with Gasteiger partial charge in [-0.1, -0.05) is 29.8 Å². The van der Waals surface area contributed by atoms with Gasteiger partial charge in [-0.3, -0.25) is 4.79 Å². The van der Waals surface area contributed by atoms with E-state index in [-0.39, 0.29) is 6.61 Å². The van der Waals surface area contributed by atoms with Crippen molar-refractivity contribution in [2.75, 3.05) is 13.7 Å². The molecule has 0 unspecified atom stereocenters. The third kappa shape index (κ3) is 4.96. The molecule has 0 bridgehead atoms. The smallest absolute Gasteiger partial charge is 0.277 e. The number of carbonyl (C=O) groups excluding carboxylic acids is 1. The first-order valence-corrected chi connectivity index (χ1v) is 9.07. The normalized spacial score (nSPS) is 10.9. The second kappa shape index (κ2) is 8.83. The lowest BCUT2D eigenvalue weighted by Crippen LogP contribution is -2.24. The Morgan fingerprint density at radius 3 is 2.89 bits per heavy atom. The summed E-state index contributed by atoms with van der Waals surface area (Å²) in [5, 5.41) is 5.15. The first-order chi connectivity index (χ1) is 13.1. The number of nitrogens with one attached hydrogen (secondary N) is 1. The Balaban J connectivity index is 1.58. The Hall–Kier alpha value is -2.64. The van der Waals surface area contributed by atoms with Crippen molar-refractivity contribution < 1.29 is 14.3 Å². The average Bonchev–Trinajstić information content (AvgIpc) is 2.67. The Morgan fingerprint density at radius 1 is 1.30 bits per heavy atom. The number of para-hydroxylation sites is 1. The van der Waals surface area contributed by atoms with Gasteiger partial charge in [0, 0.05) is 10.9 Å². The summed E-state index contributed by atoms with van der Waals surface area (Å²) in [5.74, 6) is 0.805. The van der Waals surface area contributed by atoms with Crippen LogP contribution in [0.2, 0.25) is 5.15 Å². The zero-order valence-electron chi connectivity index (χ0n) is 14.3. The maximum Gasteiger partial charge on any atom is 0.277 e. The number of aromatic nitrogens is 1. The van der Waals surface area contributed by atoms with Crippen LogP contribution in [0, 0.1) is 0 Å². The molecule has 0 spiro atoms. The number of hydrogen-bond acceptors (Lipinski definition) is 5. The Labute approximate surface area is 169 Å². The number of carbonyl (C=O) groups is 1. The van der Waals surface area contributed by atoms with Crippen LogP contribution in [0.3, 0.4) is 0 Å². The van der Waals surface area contributed by atoms with E-state index in [1.807, 2.05) is 30.3 Å². The zero-order chi connectivity index (χ0) is 19.2. The van der Waals surface area contributed by atoms with Gasteiger partial charge in [-0.15, -0.1) is 0 Å². The number of fused-ring (bicyclic) bond motifs is 1. The third-order valence-electron chi connectivity index (χ3n) is 3.60. The van der Waals surface area contributed by atoms with Crippen LogP contribution in [0.5, 0.6) is 11.5 Å². The molecule has 1 heterocycles. The molecule has 0 atom stereocenters. The molecule has 8 heteroatoms. The molecular formula is C19H15BrClN3O3. The number of halogens is 2. The minimum atomic E-state index is -0.404. The van der Waals surface area contributed by atoms with Crippen LogP contribution < -0.4 is 14.9 Å². The summed E-state index contributed by atoms with van der Waals surface area (Å²) >= 11 is 9.51. The molecule has 2 aromatic carbocycles. The van der Waals surface area contributed by atoms with E-state index in [0.29, 0.717) is 26.7 Å². The van der Waals surface area contributed by atoms with Gasteiger partial charge in [0.05, 0.1) is 23.3 Å². The molecule has 0 fully saturated rings. The van der Waals surface area contributed by atoms with Gasteiger partial charge < -0.3 is 9.47 Å². The molecule has 1 N–H and O–H groups in total. The van der Waals surface area contributed by atoms with Crippen molar-refractivity contribution in [1.82, 2.24) is 10.4 Å². The van der Waals surface area contributed by atoms with Crippen LogP contribution in [0.1, 0.15) is 5.56 Å².